The second kappa shape index (κ2) is 5.66. The van der Waals surface area contributed by atoms with Crippen LogP contribution in [-0.4, -0.2) is 46.2 Å². The van der Waals surface area contributed by atoms with Gasteiger partial charge in [0.2, 0.25) is 5.78 Å². The molecule has 1 spiro atoms. The number of aromatic nitrogens is 2. The number of piperidine rings is 1. The predicted molar refractivity (Wildman–Crippen MR) is 107 cm³/mol. The summed E-state index contributed by atoms with van der Waals surface area (Å²) in [7, 11) is 1.31. The molecule has 1 saturated heterocycles. The van der Waals surface area contributed by atoms with Gasteiger partial charge in [0.15, 0.2) is 0 Å². The van der Waals surface area contributed by atoms with Gasteiger partial charge in [0.05, 0.1) is 12.7 Å². The van der Waals surface area contributed by atoms with Crippen molar-refractivity contribution in [2.45, 2.75) is 11.8 Å². The van der Waals surface area contributed by atoms with Gasteiger partial charge in [-0.3, -0.25) is 14.6 Å². The van der Waals surface area contributed by atoms with Crippen LogP contribution < -0.4 is 0 Å². The second-order valence-corrected chi connectivity index (χ2v) is 8.06. The molecule has 1 amide bonds. The molecule has 1 saturated carbocycles. The molecule has 1 aromatic carbocycles. The van der Waals surface area contributed by atoms with Crippen molar-refractivity contribution in [2.24, 2.45) is 5.92 Å². The van der Waals surface area contributed by atoms with Crippen LogP contribution in [0.1, 0.15) is 43.3 Å². The summed E-state index contributed by atoms with van der Waals surface area (Å²) in [5.74, 6) is -0.688. The van der Waals surface area contributed by atoms with Gasteiger partial charge in [0.25, 0.3) is 5.91 Å². The molecule has 2 aromatic heterocycles. The molecule has 30 heavy (non-hydrogen) atoms. The number of nitrogens with zero attached hydrogens (tertiary/aromatic N) is 2. The number of para-hydroxylation sites is 1. The van der Waals surface area contributed by atoms with Gasteiger partial charge < -0.3 is 14.6 Å². The summed E-state index contributed by atoms with van der Waals surface area (Å²) >= 11 is 0. The summed E-state index contributed by atoms with van der Waals surface area (Å²) in [6, 6.07) is 11.3. The molecule has 2 atom stereocenters. The molecule has 3 heterocycles. The molecule has 1 N–H and O–H groups in total. The van der Waals surface area contributed by atoms with E-state index in [4.69, 9.17) is 4.74 Å². The number of rotatable bonds is 2. The number of aromatic amines is 1. The van der Waals surface area contributed by atoms with Gasteiger partial charge in [-0.1, -0.05) is 18.2 Å². The van der Waals surface area contributed by atoms with Crippen LogP contribution in [0.25, 0.3) is 10.9 Å². The van der Waals surface area contributed by atoms with Crippen LogP contribution in [0.2, 0.25) is 0 Å². The number of amides is 1. The van der Waals surface area contributed by atoms with Crippen LogP contribution in [-0.2, 0) is 10.2 Å². The number of benzene rings is 1. The van der Waals surface area contributed by atoms with Gasteiger partial charge >= 0.3 is 5.97 Å². The fraction of sp³-hybridized carbons (Fsp3) is 0.217. The maximum atomic E-state index is 13.3. The number of carbonyl (C=O) groups is 3. The zero-order valence-corrected chi connectivity index (χ0v) is 16.1. The predicted octanol–water partition coefficient (Wildman–Crippen LogP) is 2.84. The Morgan fingerprint density at radius 2 is 2.10 bits per heavy atom. The Hall–Kier alpha value is -3.74. The average Bonchev–Trinajstić information content (AvgIpc) is 3.15. The minimum atomic E-state index is -0.494. The first-order valence-electron chi connectivity index (χ1n) is 9.78. The van der Waals surface area contributed by atoms with E-state index in [1.807, 2.05) is 30.3 Å². The largest absolute Gasteiger partial charge is 0.465 e. The highest BCUT2D eigenvalue weighted by molar-refractivity contribution is 6.09. The van der Waals surface area contributed by atoms with E-state index >= 15 is 0 Å². The summed E-state index contributed by atoms with van der Waals surface area (Å²) in [4.78, 5) is 47.2. The number of ketones is 1. The molecule has 0 radical (unpaired) electrons. The number of fused-ring (bicyclic) bond motifs is 2. The van der Waals surface area contributed by atoms with Crippen molar-refractivity contribution in [3.63, 3.8) is 0 Å². The zero-order valence-electron chi connectivity index (χ0n) is 16.1. The number of H-pyrrole nitrogens is 1. The number of likely N-dealkylation sites (tertiary alicyclic amines) is 1. The first-order chi connectivity index (χ1) is 14.5. The van der Waals surface area contributed by atoms with Crippen molar-refractivity contribution >= 4 is 28.6 Å². The number of ether oxygens (including phenoxy) is 1. The number of allylic oxidation sites excluding steroid dienone is 2. The Morgan fingerprint density at radius 3 is 2.90 bits per heavy atom. The van der Waals surface area contributed by atoms with Crippen molar-refractivity contribution in [3.8, 4) is 0 Å². The molecular weight excluding hydrogens is 382 g/mol. The van der Waals surface area contributed by atoms with Crippen molar-refractivity contribution in [1.82, 2.24) is 14.9 Å². The fourth-order valence-corrected chi connectivity index (χ4v) is 5.05. The number of pyridine rings is 1. The minimum Gasteiger partial charge on any atom is -0.465 e. The van der Waals surface area contributed by atoms with Crippen LogP contribution in [0.3, 0.4) is 0 Å². The Morgan fingerprint density at radius 1 is 1.27 bits per heavy atom. The number of carbonyl (C=O) groups excluding carboxylic acids is 3. The molecule has 0 unspecified atom stereocenters. The highest BCUT2D eigenvalue weighted by Gasteiger charge is 2.67. The fourth-order valence-electron chi connectivity index (χ4n) is 5.05. The lowest BCUT2D eigenvalue weighted by Gasteiger charge is -2.28. The second-order valence-electron chi connectivity index (χ2n) is 8.06. The van der Waals surface area contributed by atoms with Crippen LogP contribution in [0.4, 0.5) is 0 Å². The van der Waals surface area contributed by atoms with Gasteiger partial charge in [0, 0.05) is 40.8 Å². The van der Waals surface area contributed by atoms with Crippen molar-refractivity contribution in [1.29, 1.82) is 0 Å². The Kier molecular flexibility index (Phi) is 3.23. The third-order valence-corrected chi connectivity index (χ3v) is 6.55. The van der Waals surface area contributed by atoms with Gasteiger partial charge in [-0.05, 0) is 36.1 Å². The van der Waals surface area contributed by atoms with Crippen LogP contribution in [0.5, 0.6) is 0 Å². The quantitative estimate of drug-likeness (QED) is 0.669. The lowest BCUT2D eigenvalue weighted by molar-refractivity contribution is 0.0599. The molecule has 2 fully saturated rings. The van der Waals surface area contributed by atoms with E-state index in [1.54, 1.807) is 17.0 Å². The minimum absolute atomic E-state index is 0.155. The molecule has 0 bridgehead atoms. The first-order valence-corrected chi connectivity index (χ1v) is 9.78. The van der Waals surface area contributed by atoms with Crippen LogP contribution in [0.15, 0.2) is 54.4 Å². The molecule has 7 heteroatoms. The highest BCUT2D eigenvalue weighted by Crippen LogP contribution is 2.66. The molecule has 3 aliphatic rings. The number of nitrogens with one attached hydrogen (secondary N) is 1. The Bertz CT molecular complexity index is 1290. The number of hydrogen-bond acceptors (Lipinski definition) is 5. The van der Waals surface area contributed by atoms with Gasteiger partial charge in [-0.25, -0.2) is 4.79 Å². The number of esters is 1. The van der Waals surface area contributed by atoms with E-state index in [-0.39, 0.29) is 17.6 Å². The Labute approximate surface area is 171 Å². The monoisotopic (exact) mass is 399 g/mol. The summed E-state index contributed by atoms with van der Waals surface area (Å²) in [6.45, 7) is 0.537. The molecule has 2 aliphatic carbocycles. The summed E-state index contributed by atoms with van der Waals surface area (Å²) < 4.78 is 4.81. The molecule has 7 nitrogen and oxygen atoms in total. The smallest absolute Gasteiger partial charge is 0.339 e. The van der Waals surface area contributed by atoms with E-state index in [1.165, 1.54) is 13.3 Å². The van der Waals surface area contributed by atoms with Gasteiger partial charge in [-0.15, -0.1) is 0 Å². The maximum absolute atomic E-state index is 13.3. The van der Waals surface area contributed by atoms with E-state index in [0.717, 1.165) is 22.9 Å². The third-order valence-electron chi connectivity index (χ3n) is 6.55. The van der Waals surface area contributed by atoms with E-state index in [0.29, 0.717) is 29.2 Å². The van der Waals surface area contributed by atoms with Gasteiger partial charge in [-0.2, -0.15) is 0 Å². The maximum Gasteiger partial charge on any atom is 0.339 e. The van der Waals surface area contributed by atoms with Crippen molar-refractivity contribution < 1.29 is 19.1 Å². The summed E-state index contributed by atoms with van der Waals surface area (Å²) in [6.07, 6.45) is 3.75. The topological polar surface area (TPSA) is 92.4 Å². The zero-order chi connectivity index (χ0) is 20.6. The SMILES string of the molecule is COC(=O)c1cnc2c(c1)[C@]13C[C@H]1CN(C(=O)c1cc4ccccc4[nH]1)C3=CC2=O. The first kappa shape index (κ1) is 17.1. The van der Waals surface area contributed by atoms with Crippen LogP contribution >= 0.6 is 0 Å². The molecule has 148 valence electrons. The van der Waals surface area contributed by atoms with Crippen molar-refractivity contribution in [2.75, 3.05) is 13.7 Å². The molecular formula is C23H17N3O4. The number of methoxy groups -OCH3 is 1. The summed E-state index contributed by atoms with van der Waals surface area (Å²) in [5, 5.41) is 0.964. The molecule has 3 aromatic rings. The lowest BCUT2D eigenvalue weighted by Crippen LogP contribution is -2.34. The van der Waals surface area contributed by atoms with Gasteiger partial charge in [0.1, 0.15) is 11.4 Å². The standard InChI is InChI=1S/C23H17N3O4/c1-30-22(29)13-6-15-20(24-10-13)18(27)8-19-23(15)9-14(23)11-26(19)21(28)17-7-12-4-2-3-5-16(12)25-17/h2-8,10,14,25H,9,11H2,1H3/t14-,23-/m0/s1. The van der Waals surface area contributed by atoms with E-state index in [2.05, 4.69) is 9.97 Å². The summed E-state index contributed by atoms with van der Waals surface area (Å²) in [5.41, 5.74) is 3.06. The number of hydrogen-bond donors (Lipinski definition) is 1. The van der Waals surface area contributed by atoms with E-state index in [9.17, 15) is 14.4 Å². The highest BCUT2D eigenvalue weighted by atomic mass is 16.5. The average molecular weight is 399 g/mol. The molecule has 1 aliphatic heterocycles. The normalized spacial score (nSPS) is 23.5. The van der Waals surface area contributed by atoms with Crippen LogP contribution in [0, 0.1) is 5.92 Å². The van der Waals surface area contributed by atoms with Crippen molar-refractivity contribution in [3.05, 3.63) is 76.9 Å². The lowest BCUT2D eigenvalue weighted by atomic mass is 9.83. The molecule has 6 rings (SSSR count). The van der Waals surface area contributed by atoms with E-state index < -0.39 is 11.4 Å². The Balaban J connectivity index is 1.42. The third kappa shape index (κ3) is 2.09.